The molecule has 4 heteroatoms. The van der Waals surface area contributed by atoms with E-state index in [-0.39, 0.29) is 5.97 Å². The second-order valence-corrected chi connectivity index (χ2v) is 7.35. The summed E-state index contributed by atoms with van der Waals surface area (Å²) in [6.45, 7) is 4.90. The van der Waals surface area contributed by atoms with Gasteiger partial charge >= 0.3 is 5.97 Å². The lowest BCUT2D eigenvalue weighted by molar-refractivity contribution is 0.0497. The number of hydrogen-bond donors (Lipinski definition) is 0. The lowest BCUT2D eigenvalue weighted by atomic mass is 10.1. The molecule has 0 atom stereocenters. The number of rotatable bonds is 13. The van der Waals surface area contributed by atoms with E-state index in [1.54, 1.807) is 12.1 Å². The Morgan fingerprint density at radius 3 is 2.07 bits per heavy atom. The standard InChI is InChI=1S/C24H34N2O2/c1-3-5-7-8-9-10-11-17-28-24(27)22-15-13-21(14-16-22)23-25-18-20(19-26-23)12-6-4-2/h13-16,18-19H,3-12,17H2,1-2H3. The van der Waals surface area contributed by atoms with Crippen molar-refractivity contribution in [3.05, 3.63) is 47.8 Å². The number of ether oxygens (including phenoxy) is 1. The highest BCUT2D eigenvalue weighted by Crippen LogP contribution is 2.17. The molecule has 1 heterocycles. The normalized spacial score (nSPS) is 10.8. The fraction of sp³-hybridized carbons (Fsp3) is 0.542. The first-order chi connectivity index (χ1) is 13.7. The fourth-order valence-electron chi connectivity index (χ4n) is 3.08. The highest BCUT2D eigenvalue weighted by atomic mass is 16.5. The zero-order valence-electron chi connectivity index (χ0n) is 17.5. The first-order valence-electron chi connectivity index (χ1n) is 10.8. The van der Waals surface area contributed by atoms with E-state index in [0.717, 1.165) is 43.2 Å². The number of carbonyl (C=O) groups is 1. The SMILES string of the molecule is CCCCCCCCCOC(=O)c1ccc(-c2ncc(CCCC)cn2)cc1. The largest absolute Gasteiger partial charge is 0.462 e. The molecule has 1 aromatic carbocycles. The zero-order valence-corrected chi connectivity index (χ0v) is 17.5. The summed E-state index contributed by atoms with van der Waals surface area (Å²) in [6, 6.07) is 7.34. The Morgan fingerprint density at radius 1 is 0.821 bits per heavy atom. The third-order valence-electron chi connectivity index (χ3n) is 4.88. The van der Waals surface area contributed by atoms with Crippen LogP contribution < -0.4 is 0 Å². The number of aryl methyl sites for hydroxylation is 1. The molecule has 2 rings (SSSR count). The molecule has 0 saturated carbocycles. The lowest BCUT2D eigenvalue weighted by Crippen LogP contribution is -2.06. The molecule has 0 aliphatic rings. The van der Waals surface area contributed by atoms with Crippen LogP contribution in [-0.4, -0.2) is 22.5 Å². The van der Waals surface area contributed by atoms with Gasteiger partial charge in [-0.2, -0.15) is 0 Å². The van der Waals surface area contributed by atoms with Gasteiger partial charge in [-0.1, -0.05) is 70.9 Å². The number of unbranched alkanes of at least 4 members (excludes halogenated alkanes) is 7. The van der Waals surface area contributed by atoms with Crippen LogP contribution in [0.4, 0.5) is 0 Å². The minimum Gasteiger partial charge on any atom is -0.462 e. The van der Waals surface area contributed by atoms with E-state index in [0.29, 0.717) is 18.0 Å². The number of aromatic nitrogens is 2. The van der Waals surface area contributed by atoms with Crippen LogP contribution in [0, 0.1) is 0 Å². The maximum Gasteiger partial charge on any atom is 0.338 e. The summed E-state index contributed by atoms with van der Waals surface area (Å²) in [7, 11) is 0. The number of esters is 1. The molecule has 152 valence electrons. The van der Waals surface area contributed by atoms with Crippen LogP contribution >= 0.6 is 0 Å². The molecule has 0 bridgehead atoms. The molecule has 28 heavy (non-hydrogen) atoms. The van der Waals surface area contributed by atoms with Crippen LogP contribution in [-0.2, 0) is 11.2 Å². The van der Waals surface area contributed by atoms with Gasteiger partial charge in [-0.15, -0.1) is 0 Å². The quantitative estimate of drug-likeness (QED) is 0.297. The van der Waals surface area contributed by atoms with E-state index in [1.807, 2.05) is 24.5 Å². The highest BCUT2D eigenvalue weighted by Gasteiger charge is 2.08. The van der Waals surface area contributed by atoms with Crippen molar-refractivity contribution < 1.29 is 9.53 Å². The Bertz CT molecular complexity index is 681. The van der Waals surface area contributed by atoms with Crippen molar-refractivity contribution in [3.8, 4) is 11.4 Å². The van der Waals surface area contributed by atoms with Gasteiger partial charge in [-0.05, 0) is 37.0 Å². The van der Waals surface area contributed by atoms with Crippen molar-refractivity contribution in [3.63, 3.8) is 0 Å². The van der Waals surface area contributed by atoms with Gasteiger partial charge in [-0.3, -0.25) is 0 Å². The molecule has 0 radical (unpaired) electrons. The van der Waals surface area contributed by atoms with Gasteiger partial charge in [0.25, 0.3) is 0 Å². The summed E-state index contributed by atoms with van der Waals surface area (Å²) in [5.41, 5.74) is 2.65. The molecule has 0 unspecified atom stereocenters. The number of hydrogen-bond acceptors (Lipinski definition) is 4. The van der Waals surface area contributed by atoms with Crippen LogP contribution in [0.3, 0.4) is 0 Å². The van der Waals surface area contributed by atoms with Crippen LogP contribution in [0.1, 0.15) is 87.6 Å². The topological polar surface area (TPSA) is 52.1 Å². The third kappa shape index (κ3) is 7.79. The van der Waals surface area contributed by atoms with Gasteiger partial charge in [0, 0.05) is 18.0 Å². The van der Waals surface area contributed by atoms with Crippen molar-refractivity contribution in [2.24, 2.45) is 0 Å². The monoisotopic (exact) mass is 382 g/mol. The molecule has 0 fully saturated rings. The third-order valence-corrected chi connectivity index (χ3v) is 4.88. The van der Waals surface area contributed by atoms with Gasteiger partial charge in [0.15, 0.2) is 5.82 Å². The molecular formula is C24H34N2O2. The second-order valence-electron chi connectivity index (χ2n) is 7.35. The molecule has 0 spiro atoms. The maximum atomic E-state index is 12.2. The summed E-state index contributed by atoms with van der Waals surface area (Å²) in [5.74, 6) is 0.427. The van der Waals surface area contributed by atoms with Gasteiger partial charge in [-0.25, -0.2) is 14.8 Å². The van der Waals surface area contributed by atoms with Gasteiger partial charge in [0.05, 0.1) is 12.2 Å². The summed E-state index contributed by atoms with van der Waals surface area (Å²) in [4.78, 5) is 21.0. The Kier molecular flexibility index (Phi) is 10.3. The summed E-state index contributed by atoms with van der Waals surface area (Å²) in [5, 5.41) is 0. The number of carbonyl (C=O) groups excluding carboxylic acids is 1. The summed E-state index contributed by atoms with van der Waals surface area (Å²) >= 11 is 0. The van der Waals surface area contributed by atoms with Crippen molar-refractivity contribution in [2.75, 3.05) is 6.61 Å². The maximum absolute atomic E-state index is 12.2. The first kappa shape index (κ1) is 22.1. The van der Waals surface area contributed by atoms with E-state index < -0.39 is 0 Å². The summed E-state index contributed by atoms with van der Waals surface area (Å²) in [6.07, 6.45) is 15.6. The van der Waals surface area contributed by atoms with E-state index in [2.05, 4.69) is 23.8 Å². The van der Waals surface area contributed by atoms with E-state index in [4.69, 9.17) is 4.74 Å². The molecule has 4 nitrogen and oxygen atoms in total. The fourth-order valence-corrected chi connectivity index (χ4v) is 3.08. The molecule has 0 amide bonds. The van der Waals surface area contributed by atoms with Gasteiger partial charge in [0.2, 0.25) is 0 Å². The number of nitrogens with zero attached hydrogens (tertiary/aromatic N) is 2. The highest BCUT2D eigenvalue weighted by molar-refractivity contribution is 5.89. The predicted molar refractivity (Wildman–Crippen MR) is 114 cm³/mol. The van der Waals surface area contributed by atoms with Gasteiger partial charge < -0.3 is 4.74 Å². The zero-order chi connectivity index (χ0) is 20.0. The Hall–Kier alpha value is -2.23. The predicted octanol–water partition coefficient (Wildman–Crippen LogP) is 6.39. The Labute approximate surface area is 169 Å². The first-order valence-corrected chi connectivity index (χ1v) is 10.8. The van der Waals surface area contributed by atoms with Crippen LogP contribution in [0.25, 0.3) is 11.4 Å². The van der Waals surface area contributed by atoms with Crippen molar-refractivity contribution in [1.82, 2.24) is 9.97 Å². The molecule has 0 saturated heterocycles. The Balaban J connectivity index is 1.74. The molecule has 0 aliphatic carbocycles. The van der Waals surface area contributed by atoms with Gasteiger partial charge in [0.1, 0.15) is 0 Å². The number of benzene rings is 1. The van der Waals surface area contributed by atoms with Crippen molar-refractivity contribution >= 4 is 5.97 Å². The molecule has 0 aliphatic heterocycles. The molecule has 2 aromatic rings. The smallest absolute Gasteiger partial charge is 0.338 e. The van der Waals surface area contributed by atoms with Crippen molar-refractivity contribution in [2.45, 2.75) is 78.1 Å². The Morgan fingerprint density at radius 2 is 1.43 bits per heavy atom. The molecular weight excluding hydrogens is 348 g/mol. The van der Waals surface area contributed by atoms with Crippen molar-refractivity contribution in [1.29, 1.82) is 0 Å². The minimum absolute atomic E-state index is 0.256. The molecule has 1 aromatic heterocycles. The van der Waals surface area contributed by atoms with E-state index >= 15 is 0 Å². The minimum atomic E-state index is -0.256. The second kappa shape index (κ2) is 13.0. The average Bonchev–Trinajstić information content (AvgIpc) is 2.74. The molecule has 0 N–H and O–H groups in total. The lowest BCUT2D eigenvalue weighted by Gasteiger charge is -2.06. The van der Waals surface area contributed by atoms with E-state index in [9.17, 15) is 4.79 Å². The summed E-state index contributed by atoms with van der Waals surface area (Å²) < 4.78 is 5.38. The van der Waals surface area contributed by atoms with Crippen LogP contribution in [0.5, 0.6) is 0 Å². The van der Waals surface area contributed by atoms with Crippen LogP contribution in [0.15, 0.2) is 36.7 Å². The average molecular weight is 383 g/mol. The van der Waals surface area contributed by atoms with Crippen LogP contribution in [0.2, 0.25) is 0 Å². The van der Waals surface area contributed by atoms with E-state index in [1.165, 1.54) is 32.1 Å².